The number of rotatable bonds is 5. The van der Waals surface area contributed by atoms with Crippen LogP contribution in [-0.4, -0.2) is 28.8 Å². The van der Waals surface area contributed by atoms with Crippen LogP contribution in [0.2, 0.25) is 0 Å². The second-order valence-electron chi connectivity index (χ2n) is 4.35. The first-order valence-corrected chi connectivity index (χ1v) is 7.74. The summed E-state index contributed by atoms with van der Waals surface area (Å²) in [4.78, 5) is 4.00. The molecule has 0 amide bonds. The molecule has 19 heavy (non-hydrogen) atoms. The van der Waals surface area contributed by atoms with Gasteiger partial charge in [-0.15, -0.1) is 5.10 Å². The van der Waals surface area contributed by atoms with Crippen molar-refractivity contribution in [3.63, 3.8) is 0 Å². The van der Waals surface area contributed by atoms with Crippen LogP contribution >= 0.6 is 0 Å². The van der Waals surface area contributed by atoms with Crippen LogP contribution in [0.3, 0.4) is 0 Å². The molecule has 4 N–H and O–H groups in total. The number of nitrogen functional groups attached to an aromatic ring is 2. The number of fused-ring (bicyclic) bond motifs is 1. The molecule has 0 aromatic carbocycles. The summed E-state index contributed by atoms with van der Waals surface area (Å²) >= 11 is 0. The van der Waals surface area contributed by atoms with Crippen molar-refractivity contribution in [3.05, 3.63) is 12.3 Å². The molecule has 0 aliphatic heterocycles. The second-order valence-corrected chi connectivity index (χ2v) is 6.39. The van der Waals surface area contributed by atoms with E-state index in [9.17, 15) is 8.42 Å². The Labute approximate surface area is 111 Å². The van der Waals surface area contributed by atoms with Crippen molar-refractivity contribution in [1.82, 2.24) is 14.6 Å². The molecule has 7 nitrogen and oxygen atoms in total. The number of aromatic nitrogens is 3. The molecule has 0 atom stereocenters. The van der Waals surface area contributed by atoms with E-state index in [1.807, 2.05) is 6.92 Å². The van der Waals surface area contributed by atoms with Gasteiger partial charge in [0.15, 0.2) is 26.2 Å². The fourth-order valence-electron chi connectivity index (χ4n) is 1.90. The maximum absolute atomic E-state index is 12.3. The number of unbranched alkanes of at least 4 members (excludes halogenated alkanes) is 2. The summed E-state index contributed by atoms with van der Waals surface area (Å²) in [5.41, 5.74) is 11.6. The van der Waals surface area contributed by atoms with Gasteiger partial charge in [0, 0.05) is 6.20 Å². The lowest BCUT2D eigenvalue weighted by atomic mass is 10.3. The molecule has 0 bridgehead atoms. The zero-order valence-electron chi connectivity index (χ0n) is 10.7. The van der Waals surface area contributed by atoms with Crippen LogP contribution in [-0.2, 0) is 9.84 Å². The molecule has 2 rings (SSSR count). The normalized spacial score (nSPS) is 12.1. The predicted molar refractivity (Wildman–Crippen MR) is 73.4 cm³/mol. The molecule has 0 saturated heterocycles. The molecule has 104 valence electrons. The van der Waals surface area contributed by atoms with E-state index in [2.05, 4.69) is 10.1 Å². The predicted octanol–water partition coefficient (Wildman–Crippen LogP) is 0.858. The Kier molecular flexibility index (Phi) is 3.61. The highest BCUT2D eigenvalue weighted by Gasteiger charge is 2.25. The Morgan fingerprint density at radius 3 is 2.74 bits per heavy atom. The van der Waals surface area contributed by atoms with Crippen molar-refractivity contribution >= 4 is 27.1 Å². The molecule has 0 saturated carbocycles. The Bertz CT molecular complexity index is 692. The number of anilines is 2. The van der Waals surface area contributed by atoms with E-state index in [1.54, 1.807) is 0 Å². The van der Waals surface area contributed by atoms with Gasteiger partial charge in [-0.3, -0.25) is 0 Å². The average Bonchev–Trinajstić information content (AvgIpc) is 2.68. The molecule has 0 aliphatic carbocycles. The lowest BCUT2D eigenvalue weighted by Crippen LogP contribution is -2.09. The van der Waals surface area contributed by atoms with Gasteiger partial charge in [-0.1, -0.05) is 19.8 Å². The first-order chi connectivity index (χ1) is 8.97. The summed E-state index contributed by atoms with van der Waals surface area (Å²) in [7, 11) is -3.49. The van der Waals surface area contributed by atoms with Crippen LogP contribution in [0.1, 0.15) is 26.2 Å². The third kappa shape index (κ3) is 2.48. The molecular formula is C11H17N5O2S. The van der Waals surface area contributed by atoms with Gasteiger partial charge < -0.3 is 11.5 Å². The fraction of sp³-hybridized carbons (Fsp3) is 0.455. The van der Waals surface area contributed by atoms with Crippen LogP contribution in [0, 0.1) is 0 Å². The molecule has 0 unspecified atom stereocenters. The lowest BCUT2D eigenvalue weighted by molar-refractivity contribution is 0.592. The minimum absolute atomic E-state index is 0.0177. The smallest absolute Gasteiger partial charge is 0.185 e. The Hall–Kier alpha value is -1.83. The third-order valence-electron chi connectivity index (χ3n) is 2.86. The van der Waals surface area contributed by atoms with E-state index in [1.165, 1.54) is 16.8 Å². The van der Waals surface area contributed by atoms with E-state index in [4.69, 9.17) is 11.5 Å². The van der Waals surface area contributed by atoms with Gasteiger partial charge in [0.2, 0.25) is 0 Å². The van der Waals surface area contributed by atoms with Crippen molar-refractivity contribution in [3.8, 4) is 0 Å². The molecule has 2 heterocycles. The van der Waals surface area contributed by atoms with E-state index in [0.29, 0.717) is 12.2 Å². The molecule has 0 spiro atoms. The Balaban J connectivity index is 2.50. The van der Waals surface area contributed by atoms with E-state index in [-0.39, 0.29) is 22.1 Å². The average molecular weight is 283 g/mol. The number of hydrogen-bond donors (Lipinski definition) is 2. The van der Waals surface area contributed by atoms with Crippen molar-refractivity contribution in [2.75, 3.05) is 17.2 Å². The first-order valence-electron chi connectivity index (χ1n) is 6.09. The summed E-state index contributed by atoms with van der Waals surface area (Å²) in [6, 6.07) is 1.53. The molecule has 0 aliphatic rings. The Morgan fingerprint density at radius 2 is 2.05 bits per heavy atom. The highest BCUT2D eigenvalue weighted by Crippen LogP contribution is 2.25. The topological polar surface area (TPSA) is 116 Å². The van der Waals surface area contributed by atoms with Gasteiger partial charge >= 0.3 is 0 Å². The number of sulfone groups is 1. The largest absolute Gasteiger partial charge is 0.384 e. The minimum atomic E-state index is -3.49. The fourth-order valence-corrected chi connectivity index (χ4v) is 3.47. The van der Waals surface area contributed by atoms with Crippen LogP contribution in [0.5, 0.6) is 0 Å². The zero-order valence-corrected chi connectivity index (χ0v) is 11.5. The van der Waals surface area contributed by atoms with E-state index in [0.717, 1.165) is 12.8 Å². The van der Waals surface area contributed by atoms with Crippen LogP contribution in [0.15, 0.2) is 17.2 Å². The molecule has 0 fully saturated rings. The first kappa shape index (κ1) is 13.6. The highest BCUT2D eigenvalue weighted by atomic mass is 32.2. The summed E-state index contributed by atoms with van der Waals surface area (Å²) in [5, 5.41) is 3.93. The van der Waals surface area contributed by atoms with Gasteiger partial charge in [0.1, 0.15) is 5.82 Å². The van der Waals surface area contributed by atoms with Gasteiger partial charge in [-0.25, -0.2) is 13.4 Å². The third-order valence-corrected chi connectivity index (χ3v) is 4.70. The van der Waals surface area contributed by atoms with Crippen molar-refractivity contribution in [1.29, 1.82) is 0 Å². The summed E-state index contributed by atoms with van der Waals surface area (Å²) < 4.78 is 25.9. The van der Waals surface area contributed by atoms with Gasteiger partial charge in [-0.05, 0) is 12.5 Å². The van der Waals surface area contributed by atoms with Crippen LogP contribution < -0.4 is 11.5 Å². The van der Waals surface area contributed by atoms with Gasteiger partial charge in [0.25, 0.3) is 0 Å². The minimum Gasteiger partial charge on any atom is -0.384 e. The monoisotopic (exact) mass is 283 g/mol. The number of nitrogens with zero attached hydrogens (tertiary/aromatic N) is 3. The van der Waals surface area contributed by atoms with Gasteiger partial charge in [0.05, 0.1) is 5.75 Å². The molecule has 2 aromatic heterocycles. The van der Waals surface area contributed by atoms with E-state index >= 15 is 0 Å². The molecule has 2 aromatic rings. The zero-order chi connectivity index (χ0) is 14.0. The quantitative estimate of drug-likeness (QED) is 0.786. The standard InChI is InChI=1S/C11H17N5O2S/c1-2-3-4-7-19(17,18)9-10(13)15-16-8(12)5-6-14-11(9)16/h5-6H,2-4,7,12H2,1H3,(H2,13,15). The SMILES string of the molecule is CCCCCS(=O)(=O)c1c(N)nn2c(N)ccnc12. The van der Waals surface area contributed by atoms with E-state index < -0.39 is 9.84 Å². The molecular weight excluding hydrogens is 266 g/mol. The maximum atomic E-state index is 12.3. The van der Waals surface area contributed by atoms with Crippen LogP contribution in [0.25, 0.3) is 5.65 Å². The van der Waals surface area contributed by atoms with Crippen molar-refractivity contribution in [2.24, 2.45) is 0 Å². The summed E-state index contributed by atoms with van der Waals surface area (Å²) in [6.45, 7) is 2.01. The number of hydrogen-bond acceptors (Lipinski definition) is 6. The van der Waals surface area contributed by atoms with Crippen molar-refractivity contribution < 1.29 is 8.42 Å². The highest BCUT2D eigenvalue weighted by molar-refractivity contribution is 7.91. The molecule has 0 radical (unpaired) electrons. The second kappa shape index (κ2) is 5.04. The lowest BCUT2D eigenvalue weighted by Gasteiger charge is -2.03. The van der Waals surface area contributed by atoms with Crippen molar-refractivity contribution in [2.45, 2.75) is 31.1 Å². The number of nitrogens with two attached hydrogens (primary N) is 2. The maximum Gasteiger partial charge on any atom is 0.185 e. The van der Waals surface area contributed by atoms with Crippen LogP contribution in [0.4, 0.5) is 11.6 Å². The Morgan fingerprint density at radius 1 is 1.32 bits per heavy atom. The summed E-state index contributed by atoms with van der Waals surface area (Å²) in [5.74, 6) is 0.289. The molecule has 8 heteroatoms. The summed E-state index contributed by atoms with van der Waals surface area (Å²) in [6.07, 6.45) is 3.84. The van der Waals surface area contributed by atoms with Gasteiger partial charge in [-0.2, -0.15) is 4.52 Å².